The molecule has 1 amide bonds. The Bertz CT molecular complexity index is 941. The van der Waals surface area contributed by atoms with E-state index in [0.29, 0.717) is 31.1 Å². The standard InChI is InChI=1S/C22H23N5O2/c28-22(26-19-5-1-2-6-20(19)27-10-12-29-13-11-27)18-7-8-21(25-16-18)24-15-17-4-3-9-23-14-17/h1-9,14,16H,10-13,15H2,(H,24,25)(H,26,28). The number of ether oxygens (including phenoxy) is 1. The van der Waals surface area contributed by atoms with Crippen LogP contribution in [0.2, 0.25) is 0 Å². The van der Waals surface area contributed by atoms with Gasteiger partial charge in [-0.15, -0.1) is 0 Å². The van der Waals surface area contributed by atoms with Crippen molar-refractivity contribution in [1.29, 1.82) is 0 Å². The lowest BCUT2D eigenvalue weighted by Gasteiger charge is -2.30. The van der Waals surface area contributed by atoms with Crippen LogP contribution in [0.25, 0.3) is 0 Å². The molecule has 2 aromatic heterocycles. The number of pyridine rings is 2. The van der Waals surface area contributed by atoms with Gasteiger partial charge in [0.05, 0.1) is 30.2 Å². The van der Waals surface area contributed by atoms with Crippen LogP contribution in [0.1, 0.15) is 15.9 Å². The molecule has 148 valence electrons. The molecule has 0 radical (unpaired) electrons. The second-order valence-corrected chi connectivity index (χ2v) is 6.72. The van der Waals surface area contributed by atoms with Crippen molar-refractivity contribution in [2.75, 3.05) is 41.8 Å². The summed E-state index contributed by atoms with van der Waals surface area (Å²) < 4.78 is 5.42. The lowest BCUT2D eigenvalue weighted by atomic mass is 10.2. The minimum absolute atomic E-state index is 0.183. The number of amides is 1. The van der Waals surface area contributed by atoms with Crippen molar-refractivity contribution in [3.8, 4) is 0 Å². The van der Waals surface area contributed by atoms with Gasteiger partial charge >= 0.3 is 0 Å². The lowest BCUT2D eigenvalue weighted by Crippen LogP contribution is -2.36. The third kappa shape index (κ3) is 4.89. The molecule has 3 aromatic rings. The van der Waals surface area contributed by atoms with Crippen molar-refractivity contribution >= 4 is 23.1 Å². The normalized spacial score (nSPS) is 13.7. The monoisotopic (exact) mass is 389 g/mol. The largest absolute Gasteiger partial charge is 0.378 e. The Labute approximate surface area is 169 Å². The number of anilines is 3. The summed E-state index contributed by atoms with van der Waals surface area (Å²) in [5, 5.41) is 6.24. The predicted octanol–water partition coefficient (Wildman–Crippen LogP) is 3.18. The number of carbonyl (C=O) groups excluding carboxylic acids is 1. The molecule has 0 atom stereocenters. The minimum Gasteiger partial charge on any atom is -0.378 e. The molecule has 0 saturated carbocycles. The molecule has 29 heavy (non-hydrogen) atoms. The molecule has 1 aliphatic heterocycles. The SMILES string of the molecule is O=C(Nc1ccccc1N1CCOCC1)c1ccc(NCc2cccnc2)nc1. The van der Waals surface area contributed by atoms with E-state index >= 15 is 0 Å². The number of morpholine rings is 1. The lowest BCUT2D eigenvalue weighted by molar-refractivity contribution is 0.102. The fraction of sp³-hybridized carbons (Fsp3) is 0.227. The number of hydrogen-bond acceptors (Lipinski definition) is 6. The van der Waals surface area contributed by atoms with E-state index in [-0.39, 0.29) is 5.91 Å². The number of para-hydroxylation sites is 2. The van der Waals surface area contributed by atoms with Crippen molar-refractivity contribution in [2.24, 2.45) is 0 Å². The zero-order valence-corrected chi connectivity index (χ0v) is 16.0. The smallest absolute Gasteiger partial charge is 0.257 e. The van der Waals surface area contributed by atoms with E-state index in [9.17, 15) is 4.79 Å². The van der Waals surface area contributed by atoms with Gasteiger partial charge in [0.25, 0.3) is 5.91 Å². The molecule has 1 saturated heterocycles. The maximum Gasteiger partial charge on any atom is 0.257 e. The first-order chi connectivity index (χ1) is 14.3. The van der Waals surface area contributed by atoms with Gasteiger partial charge in [-0.25, -0.2) is 4.98 Å². The van der Waals surface area contributed by atoms with E-state index in [1.54, 1.807) is 30.7 Å². The highest BCUT2D eigenvalue weighted by atomic mass is 16.5. The molecule has 1 fully saturated rings. The highest BCUT2D eigenvalue weighted by Gasteiger charge is 2.16. The summed E-state index contributed by atoms with van der Waals surface area (Å²) in [4.78, 5) is 23.4. The van der Waals surface area contributed by atoms with Gasteiger partial charge in [0, 0.05) is 38.2 Å². The van der Waals surface area contributed by atoms with Gasteiger partial charge < -0.3 is 20.3 Å². The summed E-state index contributed by atoms with van der Waals surface area (Å²) >= 11 is 0. The van der Waals surface area contributed by atoms with Crippen molar-refractivity contribution in [3.05, 3.63) is 78.2 Å². The third-order valence-electron chi connectivity index (χ3n) is 4.73. The Morgan fingerprint density at radius 3 is 2.66 bits per heavy atom. The van der Waals surface area contributed by atoms with Crippen molar-refractivity contribution in [2.45, 2.75) is 6.54 Å². The first-order valence-corrected chi connectivity index (χ1v) is 9.61. The maximum absolute atomic E-state index is 12.7. The number of aromatic nitrogens is 2. The van der Waals surface area contributed by atoms with E-state index in [4.69, 9.17) is 4.74 Å². The van der Waals surface area contributed by atoms with Gasteiger partial charge in [0.1, 0.15) is 5.82 Å². The van der Waals surface area contributed by atoms with Crippen LogP contribution in [-0.2, 0) is 11.3 Å². The fourth-order valence-corrected chi connectivity index (χ4v) is 3.18. The quantitative estimate of drug-likeness (QED) is 0.674. The number of carbonyl (C=O) groups is 1. The summed E-state index contributed by atoms with van der Waals surface area (Å²) in [7, 11) is 0. The van der Waals surface area contributed by atoms with E-state index in [1.807, 2.05) is 36.4 Å². The highest BCUT2D eigenvalue weighted by molar-refractivity contribution is 6.05. The second-order valence-electron chi connectivity index (χ2n) is 6.72. The molecular formula is C22H23N5O2. The first kappa shape index (κ1) is 18.9. The fourth-order valence-electron chi connectivity index (χ4n) is 3.18. The Hall–Kier alpha value is -3.45. The first-order valence-electron chi connectivity index (χ1n) is 9.61. The average Bonchev–Trinajstić information content (AvgIpc) is 2.80. The number of nitrogens with zero attached hydrogens (tertiary/aromatic N) is 3. The zero-order chi connectivity index (χ0) is 19.9. The molecule has 0 spiro atoms. The van der Waals surface area contributed by atoms with Crippen molar-refractivity contribution < 1.29 is 9.53 Å². The molecule has 0 bridgehead atoms. The van der Waals surface area contributed by atoms with Crippen LogP contribution in [0.4, 0.5) is 17.2 Å². The van der Waals surface area contributed by atoms with Crippen LogP contribution in [-0.4, -0.2) is 42.2 Å². The van der Waals surface area contributed by atoms with Gasteiger partial charge in [-0.05, 0) is 35.9 Å². The summed E-state index contributed by atoms with van der Waals surface area (Å²) in [6.45, 7) is 3.64. The molecule has 3 heterocycles. The van der Waals surface area contributed by atoms with Gasteiger partial charge in [-0.3, -0.25) is 9.78 Å². The second kappa shape index (κ2) is 9.16. The van der Waals surface area contributed by atoms with Crippen molar-refractivity contribution in [3.63, 3.8) is 0 Å². The average molecular weight is 389 g/mol. The Balaban J connectivity index is 1.40. The van der Waals surface area contributed by atoms with Gasteiger partial charge in [0.2, 0.25) is 0 Å². The maximum atomic E-state index is 12.7. The van der Waals surface area contributed by atoms with E-state index < -0.39 is 0 Å². The molecule has 1 aliphatic rings. The number of nitrogens with one attached hydrogen (secondary N) is 2. The van der Waals surface area contributed by atoms with Crippen molar-refractivity contribution in [1.82, 2.24) is 9.97 Å². The van der Waals surface area contributed by atoms with Gasteiger partial charge in [-0.2, -0.15) is 0 Å². The third-order valence-corrected chi connectivity index (χ3v) is 4.73. The van der Waals surface area contributed by atoms with Gasteiger partial charge in [0.15, 0.2) is 0 Å². The molecular weight excluding hydrogens is 366 g/mol. The Morgan fingerprint density at radius 1 is 1.03 bits per heavy atom. The van der Waals surface area contributed by atoms with Crippen LogP contribution in [0.5, 0.6) is 0 Å². The summed E-state index contributed by atoms with van der Waals surface area (Å²) in [6.07, 6.45) is 5.13. The summed E-state index contributed by atoms with van der Waals surface area (Å²) in [6, 6.07) is 15.3. The predicted molar refractivity (Wildman–Crippen MR) is 113 cm³/mol. The Morgan fingerprint density at radius 2 is 1.90 bits per heavy atom. The number of rotatable bonds is 6. The van der Waals surface area contributed by atoms with E-state index in [0.717, 1.165) is 30.0 Å². The summed E-state index contributed by atoms with van der Waals surface area (Å²) in [5.41, 5.74) is 3.37. The summed E-state index contributed by atoms with van der Waals surface area (Å²) in [5.74, 6) is 0.524. The van der Waals surface area contributed by atoms with Crippen LogP contribution in [0, 0.1) is 0 Å². The van der Waals surface area contributed by atoms with Crippen LogP contribution in [0.3, 0.4) is 0 Å². The Kier molecular flexibility index (Phi) is 5.97. The zero-order valence-electron chi connectivity index (χ0n) is 16.0. The van der Waals surface area contributed by atoms with Crippen LogP contribution >= 0.6 is 0 Å². The van der Waals surface area contributed by atoms with Crippen LogP contribution in [0.15, 0.2) is 67.1 Å². The topological polar surface area (TPSA) is 79.4 Å². The molecule has 0 unspecified atom stereocenters. The molecule has 7 nitrogen and oxygen atoms in total. The number of hydrogen-bond donors (Lipinski definition) is 2. The molecule has 4 rings (SSSR count). The number of benzene rings is 1. The van der Waals surface area contributed by atoms with E-state index in [1.165, 1.54) is 0 Å². The minimum atomic E-state index is -0.183. The molecule has 2 N–H and O–H groups in total. The van der Waals surface area contributed by atoms with E-state index in [2.05, 4.69) is 25.5 Å². The molecule has 1 aromatic carbocycles. The molecule has 7 heteroatoms. The highest BCUT2D eigenvalue weighted by Crippen LogP contribution is 2.26. The van der Waals surface area contributed by atoms with Gasteiger partial charge in [-0.1, -0.05) is 18.2 Å². The van der Waals surface area contributed by atoms with Crippen LogP contribution < -0.4 is 15.5 Å². The molecule has 0 aliphatic carbocycles.